The van der Waals surface area contributed by atoms with Crippen LogP contribution in [0.5, 0.6) is 0 Å². The van der Waals surface area contributed by atoms with Crippen molar-refractivity contribution >= 4 is 0 Å². The molecule has 0 atom stereocenters. The Balaban J connectivity index is 1.71. The van der Waals surface area contributed by atoms with Crippen LogP contribution in [0.1, 0.15) is 51.4 Å². The second-order valence-electron chi connectivity index (χ2n) is 5.12. The molecular formula is C13H24N2. The van der Waals surface area contributed by atoms with E-state index in [0.29, 0.717) is 5.54 Å². The van der Waals surface area contributed by atoms with Crippen molar-refractivity contribution in [3.8, 4) is 0 Å². The van der Waals surface area contributed by atoms with Gasteiger partial charge in [-0.1, -0.05) is 24.5 Å². The minimum Gasteiger partial charge on any atom is -0.329 e. The van der Waals surface area contributed by atoms with Gasteiger partial charge in [-0.2, -0.15) is 0 Å². The van der Waals surface area contributed by atoms with Crippen molar-refractivity contribution in [3.63, 3.8) is 0 Å². The van der Waals surface area contributed by atoms with E-state index < -0.39 is 0 Å². The lowest BCUT2D eigenvalue weighted by molar-refractivity contribution is 0.343. The fourth-order valence-corrected chi connectivity index (χ4v) is 2.96. The molecule has 86 valence electrons. The first-order valence-electron chi connectivity index (χ1n) is 6.48. The number of hydrogen-bond acceptors (Lipinski definition) is 2. The fourth-order valence-electron chi connectivity index (χ4n) is 2.96. The van der Waals surface area contributed by atoms with Crippen molar-refractivity contribution in [1.82, 2.24) is 5.32 Å². The second kappa shape index (κ2) is 5.13. The summed E-state index contributed by atoms with van der Waals surface area (Å²) in [5, 5.41) is 3.71. The van der Waals surface area contributed by atoms with Gasteiger partial charge in [0.25, 0.3) is 0 Å². The highest BCUT2D eigenvalue weighted by atomic mass is 15.0. The summed E-state index contributed by atoms with van der Waals surface area (Å²) < 4.78 is 0. The molecule has 2 nitrogen and oxygen atoms in total. The molecule has 0 unspecified atom stereocenters. The Morgan fingerprint density at radius 2 is 2.07 bits per heavy atom. The van der Waals surface area contributed by atoms with Crippen molar-refractivity contribution in [2.24, 2.45) is 5.73 Å². The Kier molecular flexibility index (Phi) is 3.81. The number of nitrogens with one attached hydrogen (secondary N) is 1. The van der Waals surface area contributed by atoms with Gasteiger partial charge in [0.05, 0.1) is 0 Å². The van der Waals surface area contributed by atoms with Crippen LogP contribution in [0.2, 0.25) is 0 Å². The van der Waals surface area contributed by atoms with Crippen LogP contribution >= 0.6 is 0 Å². The van der Waals surface area contributed by atoms with Gasteiger partial charge in [0.2, 0.25) is 0 Å². The summed E-state index contributed by atoms with van der Waals surface area (Å²) in [6, 6.07) is 0. The summed E-state index contributed by atoms with van der Waals surface area (Å²) in [6.45, 7) is 1.94. The third-order valence-corrected chi connectivity index (χ3v) is 4.03. The zero-order valence-electron chi connectivity index (χ0n) is 9.73. The molecule has 15 heavy (non-hydrogen) atoms. The predicted octanol–water partition coefficient (Wildman–Crippen LogP) is 2.35. The highest BCUT2D eigenvalue weighted by Gasteiger charge is 2.31. The Morgan fingerprint density at radius 3 is 2.67 bits per heavy atom. The van der Waals surface area contributed by atoms with Crippen molar-refractivity contribution < 1.29 is 0 Å². The third kappa shape index (κ3) is 2.82. The number of hydrogen-bond donors (Lipinski definition) is 2. The average Bonchev–Trinajstić information content (AvgIpc) is 2.89. The maximum Gasteiger partial charge on any atom is 0.0304 e. The third-order valence-electron chi connectivity index (χ3n) is 4.03. The molecule has 0 heterocycles. The Bertz CT molecular complexity index is 227. The van der Waals surface area contributed by atoms with E-state index in [2.05, 4.69) is 11.4 Å². The summed E-state index contributed by atoms with van der Waals surface area (Å²) in [6.07, 6.45) is 12.9. The zero-order chi connectivity index (χ0) is 10.6. The highest BCUT2D eigenvalue weighted by Crippen LogP contribution is 2.29. The van der Waals surface area contributed by atoms with Crippen LogP contribution in [0.3, 0.4) is 0 Å². The van der Waals surface area contributed by atoms with Crippen LogP contribution in [0.25, 0.3) is 0 Å². The molecular weight excluding hydrogens is 184 g/mol. The van der Waals surface area contributed by atoms with Gasteiger partial charge in [-0.25, -0.2) is 0 Å². The molecule has 2 aliphatic carbocycles. The minimum atomic E-state index is 0.291. The largest absolute Gasteiger partial charge is 0.329 e. The molecule has 0 spiro atoms. The topological polar surface area (TPSA) is 38.0 Å². The highest BCUT2D eigenvalue weighted by molar-refractivity contribution is 5.08. The number of allylic oxidation sites excluding steroid dienone is 1. The van der Waals surface area contributed by atoms with E-state index in [1.165, 1.54) is 51.4 Å². The van der Waals surface area contributed by atoms with E-state index >= 15 is 0 Å². The molecule has 0 radical (unpaired) electrons. The van der Waals surface area contributed by atoms with E-state index in [1.54, 1.807) is 5.57 Å². The molecule has 3 N–H and O–H groups in total. The lowest BCUT2D eigenvalue weighted by Gasteiger charge is -2.29. The standard InChI is InChI=1S/C13H24N2/c14-11-13(8-3-4-9-13)15-10-7-12-5-1-2-6-12/h5,15H,1-4,6-11,14H2. The normalized spacial score (nSPS) is 24.5. The first kappa shape index (κ1) is 11.2. The van der Waals surface area contributed by atoms with E-state index in [4.69, 9.17) is 5.73 Å². The molecule has 2 rings (SSSR count). The molecule has 2 heteroatoms. The smallest absolute Gasteiger partial charge is 0.0304 e. The van der Waals surface area contributed by atoms with Crippen molar-refractivity contribution in [3.05, 3.63) is 11.6 Å². The van der Waals surface area contributed by atoms with Crippen LogP contribution in [-0.4, -0.2) is 18.6 Å². The van der Waals surface area contributed by atoms with Gasteiger partial charge < -0.3 is 11.1 Å². The quantitative estimate of drug-likeness (QED) is 0.681. The Labute approximate surface area is 93.3 Å². The predicted molar refractivity (Wildman–Crippen MR) is 64.8 cm³/mol. The average molecular weight is 208 g/mol. The van der Waals surface area contributed by atoms with Crippen LogP contribution < -0.4 is 11.1 Å². The summed E-state index contributed by atoms with van der Waals surface area (Å²) in [5.41, 5.74) is 7.84. The van der Waals surface area contributed by atoms with Gasteiger partial charge in [-0.3, -0.25) is 0 Å². The number of nitrogens with two attached hydrogens (primary N) is 1. The molecule has 0 aliphatic heterocycles. The van der Waals surface area contributed by atoms with Gasteiger partial charge in [0, 0.05) is 12.1 Å². The zero-order valence-corrected chi connectivity index (χ0v) is 9.73. The maximum absolute atomic E-state index is 5.89. The molecule has 0 aromatic carbocycles. The van der Waals surface area contributed by atoms with Gasteiger partial charge in [0.15, 0.2) is 0 Å². The monoisotopic (exact) mass is 208 g/mol. The molecule has 2 aliphatic rings. The molecule has 0 saturated heterocycles. The van der Waals surface area contributed by atoms with Gasteiger partial charge in [-0.05, 0) is 45.1 Å². The molecule has 0 bridgehead atoms. The van der Waals surface area contributed by atoms with Crippen LogP contribution in [-0.2, 0) is 0 Å². The maximum atomic E-state index is 5.89. The van der Waals surface area contributed by atoms with Crippen molar-refractivity contribution in [2.75, 3.05) is 13.1 Å². The van der Waals surface area contributed by atoms with Crippen LogP contribution in [0, 0.1) is 0 Å². The van der Waals surface area contributed by atoms with E-state index in [9.17, 15) is 0 Å². The first-order chi connectivity index (χ1) is 7.35. The number of rotatable bonds is 5. The lowest BCUT2D eigenvalue weighted by Crippen LogP contribution is -2.49. The Hall–Kier alpha value is -0.340. The SMILES string of the molecule is NCC1(NCCC2=CCCC2)CCCC1. The van der Waals surface area contributed by atoms with E-state index in [0.717, 1.165) is 13.1 Å². The molecule has 0 aromatic heterocycles. The summed E-state index contributed by atoms with van der Waals surface area (Å²) in [7, 11) is 0. The van der Waals surface area contributed by atoms with Gasteiger partial charge in [-0.15, -0.1) is 0 Å². The van der Waals surface area contributed by atoms with E-state index in [-0.39, 0.29) is 0 Å². The second-order valence-corrected chi connectivity index (χ2v) is 5.12. The van der Waals surface area contributed by atoms with Crippen LogP contribution in [0.15, 0.2) is 11.6 Å². The lowest BCUT2D eigenvalue weighted by atomic mass is 9.97. The van der Waals surface area contributed by atoms with Crippen molar-refractivity contribution in [2.45, 2.75) is 56.9 Å². The molecule has 0 aromatic rings. The van der Waals surface area contributed by atoms with Gasteiger partial charge in [0.1, 0.15) is 0 Å². The first-order valence-corrected chi connectivity index (χ1v) is 6.48. The van der Waals surface area contributed by atoms with Crippen molar-refractivity contribution in [1.29, 1.82) is 0 Å². The van der Waals surface area contributed by atoms with E-state index in [1.807, 2.05) is 0 Å². The Morgan fingerprint density at radius 1 is 1.27 bits per heavy atom. The fraction of sp³-hybridized carbons (Fsp3) is 0.846. The molecule has 0 amide bonds. The van der Waals surface area contributed by atoms with Gasteiger partial charge >= 0.3 is 0 Å². The summed E-state index contributed by atoms with van der Waals surface area (Å²) >= 11 is 0. The molecule has 1 saturated carbocycles. The summed E-state index contributed by atoms with van der Waals surface area (Å²) in [4.78, 5) is 0. The van der Waals surface area contributed by atoms with Crippen LogP contribution in [0.4, 0.5) is 0 Å². The molecule has 1 fully saturated rings. The summed E-state index contributed by atoms with van der Waals surface area (Å²) in [5.74, 6) is 0. The minimum absolute atomic E-state index is 0.291.